The van der Waals surface area contributed by atoms with Gasteiger partial charge < -0.3 is 14.0 Å². The normalized spacial score (nSPS) is 10.8. The quantitative estimate of drug-likeness (QED) is 0.321. The number of ether oxygens (including phenoxy) is 2. The van der Waals surface area contributed by atoms with Crippen LogP contribution in [0.15, 0.2) is 24.8 Å². The molecule has 2 heterocycles. The van der Waals surface area contributed by atoms with E-state index in [1.165, 1.54) is 0 Å². The molecular weight excluding hydrogens is 360 g/mol. The number of nitrogens with one attached hydrogen (secondary N) is 1. The standard InChI is InChI=1S/C20H30N4O4/c1-17-21-9-13-23(17)11-7-19(25)27-15-5-3-4-6-16-28-20(26)8-12-24-14-10-22-18(24)2/h9-10,13-14H,3-8,11-12,15-16H2,1-2H3/p+1. The fourth-order valence-corrected chi connectivity index (χ4v) is 2.82. The molecular formula is C20H31N4O4+. The van der Waals surface area contributed by atoms with Gasteiger partial charge in [-0.05, 0) is 32.6 Å². The van der Waals surface area contributed by atoms with Gasteiger partial charge in [-0.2, -0.15) is 0 Å². The second-order valence-corrected chi connectivity index (χ2v) is 6.76. The van der Waals surface area contributed by atoms with Gasteiger partial charge in [-0.1, -0.05) is 0 Å². The number of aryl methyl sites for hydroxylation is 4. The smallest absolute Gasteiger partial charge is 0.309 e. The molecule has 0 saturated carbocycles. The second-order valence-electron chi connectivity index (χ2n) is 6.76. The average molecular weight is 391 g/mol. The number of carbonyl (C=O) groups excluding carboxylic acids is 2. The van der Waals surface area contributed by atoms with Crippen molar-refractivity contribution in [2.24, 2.45) is 0 Å². The number of imidazole rings is 2. The van der Waals surface area contributed by atoms with Crippen molar-refractivity contribution in [2.45, 2.75) is 65.5 Å². The third kappa shape index (κ3) is 7.94. The summed E-state index contributed by atoms with van der Waals surface area (Å²) in [6, 6.07) is 0. The van der Waals surface area contributed by atoms with Gasteiger partial charge in [-0.3, -0.25) is 9.59 Å². The molecule has 2 rings (SSSR count). The number of aromatic amines is 1. The van der Waals surface area contributed by atoms with E-state index < -0.39 is 0 Å². The number of unbranched alkanes of at least 4 members (excludes halogenated alkanes) is 3. The Morgan fingerprint density at radius 1 is 1.07 bits per heavy atom. The molecule has 0 atom stereocenters. The molecule has 28 heavy (non-hydrogen) atoms. The van der Waals surface area contributed by atoms with Crippen molar-refractivity contribution in [2.75, 3.05) is 13.2 Å². The maximum absolute atomic E-state index is 11.7. The molecule has 0 unspecified atom stereocenters. The van der Waals surface area contributed by atoms with Gasteiger partial charge in [-0.15, -0.1) is 0 Å². The zero-order valence-electron chi connectivity index (χ0n) is 16.9. The van der Waals surface area contributed by atoms with Crippen LogP contribution in [0.3, 0.4) is 0 Å². The average Bonchev–Trinajstić information content (AvgIpc) is 3.28. The number of esters is 2. The van der Waals surface area contributed by atoms with Crippen molar-refractivity contribution < 1.29 is 23.6 Å². The summed E-state index contributed by atoms with van der Waals surface area (Å²) in [7, 11) is 0. The van der Waals surface area contributed by atoms with Crippen molar-refractivity contribution in [3.8, 4) is 0 Å². The van der Waals surface area contributed by atoms with Crippen LogP contribution in [0.25, 0.3) is 0 Å². The molecule has 154 valence electrons. The molecule has 0 aliphatic heterocycles. The van der Waals surface area contributed by atoms with E-state index in [9.17, 15) is 9.59 Å². The van der Waals surface area contributed by atoms with Gasteiger partial charge >= 0.3 is 11.9 Å². The summed E-state index contributed by atoms with van der Waals surface area (Å²) < 4.78 is 14.4. The van der Waals surface area contributed by atoms with E-state index in [1.54, 1.807) is 6.20 Å². The fraction of sp³-hybridized carbons (Fsp3) is 0.600. The first-order valence-corrected chi connectivity index (χ1v) is 9.88. The summed E-state index contributed by atoms with van der Waals surface area (Å²) in [4.78, 5) is 30.6. The molecule has 0 spiro atoms. The van der Waals surface area contributed by atoms with Gasteiger partial charge in [0, 0.05) is 25.9 Å². The SMILES string of the molecule is Cc1nccn1CCC(=O)OCCCCCCOC(=O)CC[n+]1cc[nH]c1C. The molecule has 0 aliphatic carbocycles. The lowest BCUT2D eigenvalue weighted by atomic mass is 10.2. The van der Waals surface area contributed by atoms with Crippen molar-refractivity contribution in [3.05, 3.63) is 36.4 Å². The maximum atomic E-state index is 11.7. The summed E-state index contributed by atoms with van der Waals surface area (Å²) in [5.41, 5.74) is 0. The summed E-state index contributed by atoms with van der Waals surface area (Å²) >= 11 is 0. The molecule has 0 radical (unpaired) electrons. The van der Waals surface area contributed by atoms with Crippen molar-refractivity contribution in [3.63, 3.8) is 0 Å². The van der Waals surface area contributed by atoms with E-state index in [2.05, 4.69) is 9.97 Å². The highest BCUT2D eigenvalue weighted by Crippen LogP contribution is 2.03. The Bertz CT molecular complexity index is 676. The maximum Gasteiger partial charge on any atom is 0.309 e. The number of nitrogens with zero attached hydrogens (tertiary/aromatic N) is 3. The minimum absolute atomic E-state index is 0.171. The molecule has 8 heteroatoms. The highest BCUT2D eigenvalue weighted by molar-refractivity contribution is 5.69. The highest BCUT2D eigenvalue weighted by Gasteiger charge is 2.09. The van der Waals surface area contributed by atoms with Gasteiger partial charge in [0.15, 0.2) is 0 Å². The first-order valence-electron chi connectivity index (χ1n) is 9.88. The van der Waals surface area contributed by atoms with Crippen molar-refractivity contribution >= 4 is 11.9 Å². The van der Waals surface area contributed by atoms with Gasteiger partial charge in [0.05, 0.1) is 26.1 Å². The molecule has 8 nitrogen and oxygen atoms in total. The van der Waals surface area contributed by atoms with Crippen LogP contribution < -0.4 is 4.57 Å². The Morgan fingerprint density at radius 3 is 2.32 bits per heavy atom. The molecule has 0 bridgehead atoms. The Balaban J connectivity index is 1.40. The number of hydrogen-bond acceptors (Lipinski definition) is 5. The monoisotopic (exact) mass is 391 g/mol. The minimum atomic E-state index is -0.183. The second kappa shape index (κ2) is 11.9. The van der Waals surface area contributed by atoms with Crippen molar-refractivity contribution in [1.82, 2.24) is 14.5 Å². The Morgan fingerprint density at radius 2 is 1.75 bits per heavy atom. The lowest BCUT2D eigenvalue weighted by Crippen LogP contribution is -2.35. The van der Waals surface area contributed by atoms with Crippen LogP contribution in [0.4, 0.5) is 0 Å². The summed E-state index contributed by atoms with van der Waals surface area (Å²) in [5, 5.41) is 0. The van der Waals surface area contributed by atoms with Gasteiger partial charge in [-0.25, -0.2) is 14.5 Å². The van der Waals surface area contributed by atoms with E-state index in [1.807, 2.05) is 41.6 Å². The molecule has 2 aromatic rings. The van der Waals surface area contributed by atoms with Crippen LogP contribution in [0.2, 0.25) is 0 Å². The largest absolute Gasteiger partial charge is 0.466 e. The lowest BCUT2D eigenvalue weighted by Gasteiger charge is -2.07. The van der Waals surface area contributed by atoms with Gasteiger partial charge in [0.1, 0.15) is 24.8 Å². The molecule has 0 saturated heterocycles. The van der Waals surface area contributed by atoms with Gasteiger partial charge in [0.2, 0.25) is 0 Å². The molecule has 0 aliphatic rings. The third-order valence-electron chi connectivity index (χ3n) is 4.58. The Labute approximate surface area is 165 Å². The fourth-order valence-electron chi connectivity index (χ4n) is 2.82. The first kappa shape index (κ1) is 21.7. The van der Waals surface area contributed by atoms with E-state index in [0.717, 1.165) is 37.3 Å². The number of carbonyl (C=O) groups is 2. The van der Waals surface area contributed by atoms with E-state index >= 15 is 0 Å². The zero-order chi connectivity index (χ0) is 20.2. The lowest BCUT2D eigenvalue weighted by molar-refractivity contribution is -0.700. The summed E-state index contributed by atoms with van der Waals surface area (Å²) in [6.45, 7) is 5.97. The molecule has 1 N–H and O–H groups in total. The van der Waals surface area contributed by atoms with Crippen LogP contribution in [0.5, 0.6) is 0 Å². The summed E-state index contributed by atoms with van der Waals surface area (Å²) in [6.07, 6.45) is 11.6. The van der Waals surface area contributed by atoms with Crippen LogP contribution in [0, 0.1) is 13.8 Å². The highest BCUT2D eigenvalue weighted by atomic mass is 16.5. The molecule has 0 amide bonds. The van der Waals surface area contributed by atoms with Crippen LogP contribution in [-0.2, 0) is 32.2 Å². The Hall–Kier alpha value is -2.64. The van der Waals surface area contributed by atoms with Crippen LogP contribution in [0.1, 0.15) is 50.2 Å². The number of aromatic nitrogens is 4. The summed E-state index contributed by atoms with van der Waals surface area (Å²) in [5.74, 6) is 1.56. The number of hydrogen-bond donors (Lipinski definition) is 1. The molecule has 0 aromatic carbocycles. The molecule has 2 aromatic heterocycles. The van der Waals surface area contributed by atoms with Crippen LogP contribution in [-0.4, -0.2) is 39.7 Å². The van der Waals surface area contributed by atoms with E-state index in [0.29, 0.717) is 39.1 Å². The van der Waals surface area contributed by atoms with E-state index in [4.69, 9.17) is 9.47 Å². The predicted octanol–water partition coefficient (Wildman–Crippen LogP) is 2.24. The van der Waals surface area contributed by atoms with Gasteiger partial charge in [0.25, 0.3) is 5.82 Å². The topological polar surface area (TPSA) is 90.1 Å². The zero-order valence-corrected chi connectivity index (χ0v) is 16.9. The number of H-pyrrole nitrogens is 1. The Kier molecular flexibility index (Phi) is 9.24. The number of rotatable bonds is 13. The minimum Gasteiger partial charge on any atom is -0.466 e. The third-order valence-corrected chi connectivity index (χ3v) is 4.58. The van der Waals surface area contributed by atoms with Crippen LogP contribution >= 0.6 is 0 Å². The van der Waals surface area contributed by atoms with Crippen molar-refractivity contribution in [1.29, 1.82) is 0 Å². The first-order chi connectivity index (χ1) is 13.6. The van der Waals surface area contributed by atoms with E-state index in [-0.39, 0.29) is 11.9 Å². The molecule has 0 fully saturated rings. The predicted molar refractivity (Wildman–Crippen MR) is 102 cm³/mol.